The minimum atomic E-state index is -1.26. The normalized spacial score (nSPS) is 10.8. The van der Waals surface area contributed by atoms with E-state index in [9.17, 15) is 19.5 Å². The van der Waals surface area contributed by atoms with Crippen molar-refractivity contribution in [1.29, 1.82) is 0 Å². The number of anilines is 1. The Morgan fingerprint density at radius 3 is 2.00 bits per heavy atom. The van der Waals surface area contributed by atoms with Crippen LogP contribution >= 0.6 is 0 Å². The van der Waals surface area contributed by atoms with Crippen molar-refractivity contribution >= 4 is 23.5 Å². The molecule has 6 nitrogen and oxygen atoms in total. The number of carboxylic acid groups (broad SMARTS) is 1. The van der Waals surface area contributed by atoms with Crippen molar-refractivity contribution in [3.63, 3.8) is 0 Å². The van der Waals surface area contributed by atoms with E-state index in [4.69, 9.17) is 0 Å². The van der Waals surface area contributed by atoms with E-state index in [1.54, 1.807) is 38.1 Å². The molecule has 3 N–H and O–H groups in total. The van der Waals surface area contributed by atoms with Crippen molar-refractivity contribution in [1.82, 2.24) is 5.32 Å². The third-order valence-corrected chi connectivity index (χ3v) is 3.44. The molecule has 0 aliphatic carbocycles. The molecule has 1 aromatic rings. The molecule has 0 aliphatic rings. The van der Waals surface area contributed by atoms with E-state index in [1.807, 2.05) is 0 Å². The molecular formula is C15H20N2O4. The van der Waals surface area contributed by atoms with Gasteiger partial charge in [-0.2, -0.15) is 0 Å². The lowest BCUT2D eigenvalue weighted by atomic mass is 9.92. The average Bonchev–Trinajstić information content (AvgIpc) is 2.44. The van der Waals surface area contributed by atoms with Crippen LogP contribution in [0.15, 0.2) is 24.3 Å². The van der Waals surface area contributed by atoms with Crippen molar-refractivity contribution in [3.8, 4) is 0 Å². The number of carbonyl (C=O) groups excluding carboxylic acids is 2. The van der Waals surface area contributed by atoms with Crippen LogP contribution in [-0.4, -0.2) is 28.4 Å². The molecule has 0 fully saturated rings. The predicted molar refractivity (Wildman–Crippen MR) is 79.2 cm³/mol. The summed E-state index contributed by atoms with van der Waals surface area (Å²) in [5.41, 5.74) is -0.334. The highest BCUT2D eigenvalue weighted by Crippen LogP contribution is 2.17. The molecule has 0 saturated heterocycles. The van der Waals surface area contributed by atoms with E-state index >= 15 is 0 Å². The molecule has 0 spiro atoms. The van der Waals surface area contributed by atoms with Gasteiger partial charge in [0.25, 0.3) is 5.91 Å². The highest BCUT2D eigenvalue weighted by Gasteiger charge is 2.36. The number of nitrogens with one attached hydrogen (secondary N) is 2. The van der Waals surface area contributed by atoms with Crippen LogP contribution in [0.25, 0.3) is 0 Å². The SMILES string of the molecule is CCC(CC)(NC(=O)c1ccc(NC(C)=O)cc1)C(=O)O. The highest BCUT2D eigenvalue weighted by molar-refractivity contribution is 5.98. The summed E-state index contributed by atoms with van der Waals surface area (Å²) in [7, 11) is 0. The van der Waals surface area contributed by atoms with Gasteiger partial charge < -0.3 is 15.7 Å². The maximum atomic E-state index is 12.2. The molecule has 1 rings (SSSR count). The maximum Gasteiger partial charge on any atom is 0.329 e. The number of hydrogen-bond donors (Lipinski definition) is 3. The Balaban J connectivity index is 2.88. The summed E-state index contributed by atoms with van der Waals surface area (Å²) < 4.78 is 0. The second-order valence-corrected chi connectivity index (χ2v) is 4.81. The van der Waals surface area contributed by atoms with Crippen molar-refractivity contribution in [2.45, 2.75) is 39.2 Å². The summed E-state index contributed by atoms with van der Waals surface area (Å²) in [4.78, 5) is 34.4. The second kappa shape index (κ2) is 6.88. The van der Waals surface area contributed by atoms with Crippen molar-refractivity contribution in [3.05, 3.63) is 29.8 Å². The molecule has 0 unspecified atom stereocenters. The Bertz CT molecular complexity index is 533. The van der Waals surface area contributed by atoms with Crippen LogP contribution in [-0.2, 0) is 9.59 Å². The summed E-state index contributed by atoms with van der Waals surface area (Å²) in [5.74, 6) is -1.69. The number of rotatable bonds is 6. The van der Waals surface area contributed by atoms with E-state index in [0.29, 0.717) is 24.1 Å². The van der Waals surface area contributed by atoms with Gasteiger partial charge in [0.15, 0.2) is 0 Å². The molecule has 0 bridgehead atoms. The second-order valence-electron chi connectivity index (χ2n) is 4.81. The third-order valence-electron chi connectivity index (χ3n) is 3.44. The molecule has 6 heteroatoms. The minimum Gasteiger partial charge on any atom is -0.480 e. The van der Waals surface area contributed by atoms with Gasteiger partial charge >= 0.3 is 5.97 Å². The van der Waals surface area contributed by atoms with Gasteiger partial charge in [-0.05, 0) is 37.1 Å². The molecule has 21 heavy (non-hydrogen) atoms. The van der Waals surface area contributed by atoms with Crippen molar-refractivity contribution < 1.29 is 19.5 Å². The van der Waals surface area contributed by atoms with Gasteiger partial charge in [0.2, 0.25) is 5.91 Å². The maximum absolute atomic E-state index is 12.2. The fourth-order valence-corrected chi connectivity index (χ4v) is 1.98. The Morgan fingerprint density at radius 1 is 1.10 bits per heavy atom. The Hall–Kier alpha value is -2.37. The summed E-state index contributed by atoms with van der Waals surface area (Å²) in [6, 6.07) is 6.27. The Kier molecular flexibility index (Phi) is 5.46. The molecular weight excluding hydrogens is 272 g/mol. The van der Waals surface area contributed by atoms with Gasteiger partial charge in [0, 0.05) is 18.2 Å². The van der Waals surface area contributed by atoms with E-state index in [0.717, 1.165) is 0 Å². The largest absolute Gasteiger partial charge is 0.480 e. The fourth-order valence-electron chi connectivity index (χ4n) is 1.98. The predicted octanol–water partition coefficient (Wildman–Crippen LogP) is 2.02. The number of amides is 2. The standard InChI is InChI=1S/C15H20N2O4/c1-4-15(5-2,14(20)21)17-13(19)11-6-8-12(9-7-11)16-10(3)18/h6-9H,4-5H2,1-3H3,(H,16,18)(H,17,19)(H,20,21). The molecule has 0 saturated carbocycles. The summed E-state index contributed by atoms with van der Waals surface area (Å²) in [5, 5.41) is 14.5. The highest BCUT2D eigenvalue weighted by atomic mass is 16.4. The molecule has 114 valence electrons. The van der Waals surface area contributed by atoms with E-state index < -0.39 is 17.4 Å². The smallest absolute Gasteiger partial charge is 0.329 e. The van der Waals surface area contributed by atoms with Crippen LogP contribution < -0.4 is 10.6 Å². The first-order chi connectivity index (χ1) is 9.84. The zero-order valence-electron chi connectivity index (χ0n) is 12.4. The molecule has 0 atom stereocenters. The minimum absolute atomic E-state index is 0.200. The van der Waals surface area contributed by atoms with Crippen LogP contribution in [0.3, 0.4) is 0 Å². The van der Waals surface area contributed by atoms with Gasteiger partial charge in [-0.15, -0.1) is 0 Å². The quantitative estimate of drug-likeness (QED) is 0.747. The van der Waals surface area contributed by atoms with Crippen LogP contribution in [0.1, 0.15) is 44.0 Å². The van der Waals surface area contributed by atoms with Gasteiger partial charge in [0.05, 0.1) is 0 Å². The molecule has 2 amide bonds. The molecule has 0 aliphatic heterocycles. The average molecular weight is 292 g/mol. The Labute approximate surface area is 123 Å². The van der Waals surface area contributed by atoms with Crippen LogP contribution in [0.4, 0.5) is 5.69 Å². The van der Waals surface area contributed by atoms with Gasteiger partial charge in [0.1, 0.15) is 5.54 Å². The Morgan fingerprint density at radius 2 is 1.62 bits per heavy atom. The number of hydrogen-bond acceptors (Lipinski definition) is 3. The zero-order chi connectivity index (χ0) is 16.0. The summed E-state index contributed by atoms with van der Waals surface area (Å²) >= 11 is 0. The van der Waals surface area contributed by atoms with Crippen molar-refractivity contribution in [2.75, 3.05) is 5.32 Å². The summed E-state index contributed by atoms with van der Waals surface area (Å²) in [6.07, 6.45) is 0.600. The number of carboxylic acids is 1. The van der Waals surface area contributed by atoms with Crippen LogP contribution in [0.5, 0.6) is 0 Å². The third kappa shape index (κ3) is 4.05. The van der Waals surface area contributed by atoms with Gasteiger partial charge in [-0.25, -0.2) is 4.79 Å². The number of aliphatic carboxylic acids is 1. The fraction of sp³-hybridized carbons (Fsp3) is 0.400. The first-order valence-corrected chi connectivity index (χ1v) is 6.78. The number of benzene rings is 1. The van der Waals surface area contributed by atoms with Crippen LogP contribution in [0.2, 0.25) is 0 Å². The first kappa shape index (κ1) is 16.7. The lowest BCUT2D eigenvalue weighted by molar-refractivity contribution is -0.144. The monoisotopic (exact) mass is 292 g/mol. The lowest BCUT2D eigenvalue weighted by Crippen LogP contribution is -2.53. The van der Waals surface area contributed by atoms with Gasteiger partial charge in [-0.3, -0.25) is 9.59 Å². The lowest BCUT2D eigenvalue weighted by Gasteiger charge is -2.28. The van der Waals surface area contributed by atoms with E-state index in [2.05, 4.69) is 10.6 Å². The van der Waals surface area contributed by atoms with Gasteiger partial charge in [-0.1, -0.05) is 13.8 Å². The van der Waals surface area contributed by atoms with E-state index in [1.165, 1.54) is 6.92 Å². The van der Waals surface area contributed by atoms with E-state index in [-0.39, 0.29) is 5.91 Å². The van der Waals surface area contributed by atoms with Crippen LogP contribution in [0, 0.1) is 0 Å². The molecule has 0 heterocycles. The zero-order valence-corrected chi connectivity index (χ0v) is 12.4. The first-order valence-electron chi connectivity index (χ1n) is 6.78. The summed E-state index contributed by atoms with van der Waals surface area (Å²) in [6.45, 7) is 4.83. The molecule has 1 aromatic carbocycles. The molecule has 0 aromatic heterocycles. The van der Waals surface area contributed by atoms with Crippen molar-refractivity contribution in [2.24, 2.45) is 0 Å². The molecule has 0 radical (unpaired) electrons. The number of carbonyl (C=O) groups is 3. The topological polar surface area (TPSA) is 95.5 Å².